The number of halogens is 1. The van der Waals surface area contributed by atoms with Crippen LogP contribution >= 0.6 is 0 Å². The fraction of sp³-hybridized carbons (Fsp3) is 0.625. The van der Waals surface area contributed by atoms with Gasteiger partial charge in [-0.05, 0) is 63.9 Å². The minimum absolute atomic E-state index is 0.0769. The summed E-state index contributed by atoms with van der Waals surface area (Å²) in [5.41, 5.74) is 2.60. The van der Waals surface area contributed by atoms with Gasteiger partial charge in [-0.1, -0.05) is 0 Å². The van der Waals surface area contributed by atoms with Crippen molar-refractivity contribution in [3.05, 3.63) is 29.6 Å². The Kier molecular flexibility index (Phi) is 2.86. The van der Waals surface area contributed by atoms with Gasteiger partial charge in [0.15, 0.2) is 0 Å². The zero-order valence-electron chi connectivity index (χ0n) is 12.1. The van der Waals surface area contributed by atoms with Crippen LogP contribution in [0.2, 0.25) is 0 Å². The Hall–Kier alpha value is -1.09. The third-order valence-electron chi connectivity index (χ3n) is 4.56. The van der Waals surface area contributed by atoms with Crippen LogP contribution < -0.4 is 10.2 Å². The van der Waals surface area contributed by atoms with Crippen LogP contribution in [-0.2, 0) is 5.41 Å². The molecule has 2 aliphatic heterocycles. The molecule has 3 rings (SSSR count). The minimum atomic E-state index is -0.112. The van der Waals surface area contributed by atoms with Gasteiger partial charge in [-0.15, -0.1) is 0 Å². The molecule has 2 heterocycles. The van der Waals surface area contributed by atoms with E-state index in [-0.39, 0.29) is 16.8 Å². The number of rotatable bonds is 0. The largest absolute Gasteiger partial charge is 0.366 e. The van der Waals surface area contributed by atoms with Gasteiger partial charge in [0.1, 0.15) is 5.82 Å². The molecule has 1 atom stereocenters. The molecule has 1 N–H and O–H groups in total. The second-order valence-corrected chi connectivity index (χ2v) is 6.98. The molecule has 0 aliphatic carbocycles. The molecule has 1 aromatic carbocycles. The Morgan fingerprint density at radius 1 is 1.32 bits per heavy atom. The van der Waals surface area contributed by atoms with Gasteiger partial charge >= 0.3 is 0 Å². The first-order valence-corrected chi connectivity index (χ1v) is 7.21. The van der Waals surface area contributed by atoms with Crippen molar-refractivity contribution in [2.75, 3.05) is 24.5 Å². The molecule has 0 radical (unpaired) electrons. The molecule has 0 amide bonds. The van der Waals surface area contributed by atoms with Crippen molar-refractivity contribution < 1.29 is 4.39 Å². The Morgan fingerprint density at radius 2 is 2.11 bits per heavy atom. The van der Waals surface area contributed by atoms with E-state index in [0.29, 0.717) is 0 Å². The van der Waals surface area contributed by atoms with Gasteiger partial charge in [-0.25, -0.2) is 4.39 Å². The summed E-state index contributed by atoms with van der Waals surface area (Å²) in [5, 5.41) is 3.50. The van der Waals surface area contributed by atoms with Gasteiger partial charge in [0.2, 0.25) is 0 Å². The molecule has 1 spiro atoms. The summed E-state index contributed by atoms with van der Waals surface area (Å²) in [4.78, 5) is 2.44. The van der Waals surface area contributed by atoms with Crippen LogP contribution in [0.4, 0.5) is 10.1 Å². The summed E-state index contributed by atoms with van der Waals surface area (Å²) in [6.45, 7) is 9.75. The second kappa shape index (κ2) is 4.20. The zero-order chi connectivity index (χ0) is 13.7. The maximum atomic E-state index is 13.7. The highest BCUT2D eigenvalue weighted by molar-refractivity contribution is 5.64. The van der Waals surface area contributed by atoms with Crippen molar-refractivity contribution in [3.8, 4) is 0 Å². The quantitative estimate of drug-likeness (QED) is 0.773. The lowest BCUT2D eigenvalue weighted by molar-refractivity contribution is 0.316. The monoisotopic (exact) mass is 262 g/mol. The molecule has 3 heteroatoms. The van der Waals surface area contributed by atoms with Gasteiger partial charge in [0.05, 0.1) is 0 Å². The van der Waals surface area contributed by atoms with Crippen LogP contribution in [0.5, 0.6) is 0 Å². The fourth-order valence-corrected chi connectivity index (χ4v) is 3.57. The molecule has 2 nitrogen and oxygen atoms in total. The van der Waals surface area contributed by atoms with Gasteiger partial charge in [0, 0.05) is 29.7 Å². The predicted molar refractivity (Wildman–Crippen MR) is 77.3 cm³/mol. The highest BCUT2D eigenvalue weighted by Crippen LogP contribution is 2.47. The van der Waals surface area contributed by atoms with Crippen LogP contribution in [-0.4, -0.2) is 25.2 Å². The average Bonchev–Trinajstić information content (AvgIpc) is 2.65. The number of nitrogens with zero attached hydrogens (tertiary/aromatic N) is 1. The Bertz CT molecular complexity index is 484. The van der Waals surface area contributed by atoms with Crippen molar-refractivity contribution in [1.82, 2.24) is 5.32 Å². The highest BCUT2D eigenvalue weighted by atomic mass is 19.1. The standard InChI is InChI=1S/C16H23FN2/c1-15(2,3)19-11-16(7-4-8-18-10-16)13-9-12(17)5-6-14(13)19/h5-6,9,18H,4,7-8,10-11H2,1-3H3. The first-order valence-electron chi connectivity index (χ1n) is 7.21. The number of benzene rings is 1. The summed E-state index contributed by atoms with van der Waals surface area (Å²) < 4.78 is 13.7. The van der Waals surface area contributed by atoms with Crippen LogP contribution in [0.1, 0.15) is 39.2 Å². The summed E-state index contributed by atoms with van der Waals surface area (Å²) in [6, 6.07) is 5.31. The van der Waals surface area contributed by atoms with Gasteiger partial charge in [-0.2, -0.15) is 0 Å². The molecule has 1 fully saturated rings. The van der Waals surface area contributed by atoms with Gasteiger partial charge in [-0.3, -0.25) is 0 Å². The lowest BCUT2D eigenvalue weighted by Crippen LogP contribution is -2.50. The molecule has 0 bridgehead atoms. The Labute approximate surface area is 115 Å². The number of piperidine rings is 1. The third-order valence-corrected chi connectivity index (χ3v) is 4.56. The molecular formula is C16H23FN2. The van der Waals surface area contributed by atoms with Crippen molar-refractivity contribution >= 4 is 5.69 Å². The lowest BCUT2D eigenvalue weighted by atomic mass is 9.76. The number of hydrogen-bond donors (Lipinski definition) is 1. The maximum Gasteiger partial charge on any atom is 0.123 e. The summed E-state index contributed by atoms with van der Waals surface area (Å²) in [7, 11) is 0. The van der Waals surface area contributed by atoms with E-state index in [9.17, 15) is 4.39 Å². The molecule has 1 aromatic rings. The van der Waals surface area contributed by atoms with Crippen molar-refractivity contribution in [1.29, 1.82) is 0 Å². The first kappa shape index (κ1) is 12.9. The van der Waals surface area contributed by atoms with Crippen LogP contribution in [0.3, 0.4) is 0 Å². The lowest BCUT2D eigenvalue weighted by Gasteiger charge is -2.39. The van der Waals surface area contributed by atoms with Crippen LogP contribution in [0.15, 0.2) is 18.2 Å². The SMILES string of the molecule is CC(C)(C)N1CC2(CCCNC2)c2cc(F)ccc21. The normalized spacial score (nSPS) is 26.8. The Balaban J connectivity index is 2.10. The van der Waals surface area contributed by atoms with E-state index < -0.39 is 0 Å². The number of anilines is 1. The van der Waals surface area contributed by atoms with E-state index in [1.54, 1.807) is 12.1 Å². The number of fused-ring (bicyclic) bond motifs is 2. The molecule has 19 heavy (non-hydrogen) atoms. The predicted octanol–water partition coefficient (Wildman–Crippen LogP) is 3.07. The highest BCUT2D eigenvalue weighted by Gasteiger charge is 2.46. The topological polar surface area (TPSA) is 15.3 Å². The van der Waals surface area contributed by atoms with E-state index in [1.807, 2.05) is 6.07 Å². The van der Waals surface area contributed by atoms with E-state index in [4.69, 9.17) is 0 Å². The summed E-state index contributed by atoms with van der Waals surface area (Å²) >= 11 is 0. The van der Waals surface area contributed by atoms with E-state index >= 15 is 0 Å². The second-order valence-electron chi connectivity index (χ2n) is 6.98. The maximum absolute atomic E-state index is 13.7. The number of hydrogen-bond acceptors (Lipinski definition) is 2. The van der Waals surface area contributed by atoms with E-state index in [1.165, 1.54) is 17.7 Å². The first-order chi connectivity index (χ1) is 8.92. The molecule has 1 saturated heterocycles. The van der Waals surface area contributed by atoms with Gasteiger partial charge in [0.25, 0.3) is 0 Å². The molecule has 0 saturated carbocycles. The Morgan fingerprint density at radius 3 is 2.74 bits per heavy atom. The van der Waals surface area contributed by atoms with E-state index in [0.717, 1.165) is 26.1 Å². The fourth-order valence-electron chi connectivity index (χ4n) is 3.57. The van der Waals surface area contributed by atoms with Gasteiger partial charge < -0.3 is 10.2 Å². The molecule has 1 unspecified atom stereocenters. The number of nitrogens with one attached hydrogen (secondary N) is 1. The summed E-state index contributed by atoms with van der Waals surface area (Å²) in [6.07, 6.45) is 2.33. The van der Waals surface area contributed by atoms with Crippen molar-refractivity contribution in [3.63, 3.8) is 0 Å². The van der Waals surface area contributed by atoms with Crippen molar-refractivity contribution in [2.45, 2.75) is 44.6 Å². The molecule has 0 aromatic heterocycles. The third kappa shape index (κ3) is 2.04. The van der Waals surface area contributed by atoms with Crippen molar-refractivity contribution in [2.24, 2.45) is 0 Å². The average molecular weight is 262 g/mol. The minimum Gasteiger partial charge on any atom is -0.366 e. The van der Waals surface area contributed by atoms with E-state index in [2.05, 4.69) is 31.0 Å². The zero-order valence-corrected chi connectivity index (χ0v) is 12.1. The molecule has 2 aliphatic rings. The summed E-state index contributed by atoms with van der Waals surface area (Å²) in [5.74, 6) is -0.112. The smallest absolute Gasteiger partial charge is 0.123 e. The molecular weight excluding hydrogens is 239 g/mol. The van der Waals surface area contributed by atoms with Crippen LogP contribution in [0.25, 0.3) is 0 Å². The molecule has 104 valence electrons. The van der Waals surface area contributed by atoms with Crippen LogP contribution in [0, 0.1) is 5.82 Å².